The Morgan fingerprint density at radius 3 is 2.64 bits per heavy atom. The lowest BCUT2D eigenvalue weighted by molar-refractivity contribution is 0.0922. The fourth-order valence-corrected chi connectivity index (χ4v) is 2.08. The molecule has 0 saturated heterocycles. The van der Waals surface area contributed by atoms with Crippen molar-refractivity contribution in [3.05, 3.63) is 58.5 Å². The molecule has 116 valence electrons. The number of carbonyl (C=O) groups excluding carboxylic acids is 1. The summed E-state index contributed by atoms with van der Waals surface area (Å²) < 4.78 is 1.20. The predicted molar refractivity (Wildman–Crippen MR) is 83.1 cm³/mol. The monoisotopic (exact) mass is 301 g/mol. The van der Waals surface area contributed by atoms with Gasteiger partial charge in [-0.25, -0.2) is 0 Å². The van der Waals surface area contributed by atoms with Crippen molar-refractivity contribution in [3.63, 3.8) is 0 Å². The van der Waals surface area contributed by atoms with Crippen LogP contribution in [0, 0.1) is 0 Å². The molecule has 0 bridgehead atoms. The van der Waals surface area contributed by atoms with Crippen LogP contribution in [0.25, 0.3) is 5.69 Å². The van der Waals surface area contributed by atoms with Gasteiger partial charge >= 0.3 is 0 Å². The molecule has 2 rings (SSSR count). The molecule has 0 saturated carbocycles. The molecule has 0 aliphatic rings. The third-order valence-electron chi connectivity index (χ3n) is 3.34. The molecule has 1 heterocycles. The summed E-state index contributed by atoms with van der Waals surface area (Å²) in [5.74, 6) is -0.356. The molecule has 1 amide bonds. The van der Waals surface area contributed by atoms with Gasteiger partial charge in [0.05, 0.1) is 5.69 Å². The second-order valence-corrected chi connectivity index (χ2v) is 4.90. The Balaban J connectivity index is 2.26. The minimum atomic E-state index is -0.356. The Bertz CT molecular complexity index is 683. The van der Waals surface area contributed by atoms with Crippen LogP contribution in [0.4, 0.5) is 0 Å². The number of nitrogens with zero attached hydrogens (tertiary/aromatic N) is 2. The Labute approximate surface area is 128 Å². The fourth-order valence-electron chi connectivity index (χ4n) is 2.08. The zero-order chi connectivity index (χ0) is 15.9. The zero-order valence-corrected chi connectivity index (χ0v) is 12.4. The molecule has 22 heavy (non-hydrogen) atoms. The highest BCUT2D eigenvalue weighted by Gasteiger charge is 2.14. The van der Waals surface area contributed by atoms with Gasteiger partial charge in [0.1, 0.15) is 5.69 Å². The Hall–Kier alpha value is -2.47. The van der Waals surface area contributed by atoms with Crippen LogP contribution >= 0.6 is 0 Å². The molecule has 0 spiro atoms. The lowest BCUT2D eigenvalue weighted by Crippen LogP contribution is -2.36. The number of aliphatic hydroxyl groups excluding tert-OH is 1. The molecule has 0 aliphatic carbocycles. The van der Waals surface area contributed by atoms with E-state index >= 15 is 0 Å². The van der Waals surface area contributed by atoms with Gasteiger partial charge in [0.25, 0.3) is 11.5 Å². The first-order valence-corrected chi connectivity index (χ1v) is 7.23. The third-order valence-corrected chi connectivity index (χ3v) is 3.34. The van der Waals surface area contributed by atoms with E-state index in [9.17, 15) is 9.59 Å². The van der Waals surface area contributed by atoms with Gasteiger partial charge in [-0.05, 0) is 31.0 Å². The molecule has 6 nitrogen and oxygen atoms in total. The smallest absolute Gasteiger partial charge is 0.271 e. The van der Waals surface area contributed by atoms with Crippen molar-refractivity contribution in [3.8, 4) is 5.69 Å². The van der Waals surface area contributed by atoms with Crippen molar-refractivity contribution in [1.29, 1.82) is 0 Å². The van der Waals surface area contributed by atoms with Crippen LogP contribution in [0.2, 0.25) is 0 Å². The molecular weight excluding hydrogens is 282 g/mol. The second-order valence-electron chi connectivity index (χ2n) is 4.90. The molecule has 2 N–H and O–H groups in total. The number of para-hydroxylation sites is 1. The molecule has 2 aromatic rings. The highest BCUT2D eigenvalue weighted by atomic mass is 16.3. The Morgan fingerprint density at radius 1 is 1.27 bits per heavy atom. The molecule has 0 radical (unpaired) electrons. The number of hydrogen-bond donors (Lipinski definition) is 2. The summed E-state index contributed by atoms with van der Waals surface area (Å²) in [6, 6.07) is 11.5. The lowest BCUT2D eigenvalue weighted by atomic mass is 10.1. The lowest BCUT2D eigenvalue weighted by Gasteiger charge is -2.15. The van der Waals surface area contributed by atoms with Crippen LogP contribution in [0.1, 0.15) is 30.3 Å². The molecule has 1 aromatic heterocycles. The SMILES string of the molecule is CCC(CCO)NC(=O)c1ccc(=O)n(-c2ccccc2)n1. The van der Waals surface area contributed by atoms with Crippen LogP contribution in [0.15, 0.2) is 47.3 Å². The summed E-state index contributed by atoms with van der Waals surface area (Å²) in [7, 11) is 0. The third kappa shape index (κ3) is 3.79. The van der Waals surface area contributed by atoms with E-state index in [-0.39, 0.29) is 29.8 Å². The first kappa shape index (κ1) is 15.9. The summed E-state index contributed by atoms with van der Waals surface area (Å²) in [4.78, 5) is 24.1. The van der Waals surface area contributed by atoms with Gasteiger partial charge < -0.3 is 10.4 Å². The van der Waals surface area contributed by atoms with E-state index in [2.05, 4.69) is 10.4 Å². The van der Waals surface area contributed by atoms with Crippen LogP contribution in [0.5, 0.6) is 0 Å². The minimum absolute atomic E-state index is 0.00965. The largest absolute Gasteiger partial charge is 0.396 e. The van der Waals surface area contributed by atoms with Gasteiger partial charge in [0, 0.05) is 18.7 Å². The van der Waals surface area contributed by atoms with Crippen molar-refractivity contribution in [2.45, 2.75) is 25.8 Å². The minimum Gasteiger partial charge on any atom is -0.396 e. The van der Waals surface area contributed by atoms with E-state index in [1.165, 1.54) is 16.8 Å². The van der Waals surface area contributed by atoms with E-state index in [0.717, 1.165) is 0 Å². The van der Waals surface area contributed by atoms with E-state index < -0.39 is 0 Å². The van der Waals surface area contributed by atoms with Crippen molar-refractivity contribution in [2.75, 3.05) is 6.61 Å². The standard InChI is InChI=1S/C16H19N3O3/c1-2-12(10-11-20)17-16(22)14-8-9-15(21)19(18-14)13-6-4-3-5-7-13/h3-9,12,20H,2,10-11H2,1H3,(H,17,22). The molecule has 1 aromatic carbocycles. The maximum absolute atomic E-state index is 12.2. The molecule has 1 atom stereocenters. The van der Waals surface area contributed by atoms with Crippen LogP contribution in [-0.2, 0) is 0 Å². The number of nitrogens with one attached hydrogen (secondary N) is 1. The molecule has 0 aliphatic heterocycles. The topological polar surface area (TPSA) is 84.2 Å². The van der Waals surface area contributed by atoms with E-state index in [4.69, 9.17) is 5.11 Å². The van der Waals surface area contributed by atoms with Gasteiger partial charge in [-0.3, -0.25) is 9.59 Å². The van der Waals surface area contributed by atoms with Gasteiger partial charge in [0.15, 0.2) is 0 Å². The first-order chi connectivity index (χ1) is 10.7. The van der Waals surface area contributed by atoms with Crippen LogP contribution < -0.4 is 10.9 Å². The van der Waals surface area contributed by atoms with Gasteiger partial charge in [-0.2, -0.15) is 9.78 Å². The number of aromatic nitrogens is 2. The summed E-state index contributed by atoms with van der Waals surface area (Å²) in [6.45, 7) is 1.94. The molecule has 1 unspecified atom stereocenters. The number of hydrogen-bond acceptors (Lipinski definition) is 4. The zero-order valence-electron chi connectivity index (χ0n) is 12.4. The van der Waals surface area contributed by atoms with Crippen molar-refractivity contribution in [1.82, 2.24) is 15.1 Å². The molecule has 0 fully saturated rings. The van der Waals surface area contributed by atoms with Crippen LogP contribution in [-0.4, -0.2) is 33.4 Å². The molecular formula is C16H19N3O3. The number of aliphatic hydroxyl groups is 1. The predicted octanol–water partition coefficient (Wildman–Crippen LogP) is 1.12. The number of rotatable bonds is 6. The van der Waals surface area contributed by atoms with Gasteiger partial charge in [-0.1, -0.05) is 25.1 Å². The Morgan fingerprint density at radius 2 is 2.00 bits per heavy atom. The summed E-state index contributed by atoms with van der Waals surface area (Å²) in [5, 5.41) is 15.9. The maximum Gasteiger partial charge on any atom is 0.271 e. The summed E-state index contributed by atoms with van der Waals surface area (Å²) in [6.07, 6.45) is 1.20. The highest BCUT2D eigenvalue weighted by molar-refractivity contribution is 5.92. The number of benzene rings is 1. The van der Waals surface area contributed by atoms with E-state index in [1.807, 2.05) is 13.0 Å². The van der Waals surface area contributed by atoms with E-state index in [0.29, 0.717) is 18.5 Å². The Kier molecular flexibility index (Phi) is 5.43. The fraction of sp³-hybridized carbons (Fsp3) is 0.312. The van der Waals surface area contributed by atoms with Gasteiger partial charge in [-0.15, -0.1) is 0 Å². The van der Waals surface area contributed by atoms with Crippen molar-refractivity contribution in [2.24, 2.45) is 0 Å². The summed E-state index contributed by atoms with van der Waals surface area (Å²) in [5.41, 5.74) is 0.467. The number of amides is 1. The normalized spacial score (nSPS) is 11.9. The number of carbonyl (C=O) groups is 1. The van der Waals surface area contributed by atoms with Gasteiger partial charge in [0.2, 0.25) is 0 Å². The molecule has 6 heteroatoms. The first-order valence-electron chi connectivity index (χ1n) is 7.23. The van der Waals surface area contributed by atoms with Crippen molar-refractivity contribution >= 4 is 5.91 Å². The quantitative estimate of drug-likeness (QED) is 0.837. The average Bonchev–Trinajstić information content (AvgIpc) is 2.55. The second kappa shape index (κ2) is 7.51. The van der Waals surface area contributed by atoms with Crippen molar-refractivity contribution < 1.29 is 9.90 Å². The average molecular weight is 301 g/mol. The summed E-state index contributed by atoms with van der Waals surface area (Å²) >= 11 is 0. The highest BCUT2D eigenvalue weighted by Crippen LogP contribution is 2.04. The van der Waals surface area contributed by atoms with E-state index in [1.54, 1.807) is 24.3 Å². The maximum atomic E-state index is 12.2. The van der Waals surface area contributed by atoms with Crippen LogP contribution in [0.3, 0.4) is 0 Å².